The Balaban J connectivity index is 3.27. The summed E-state index contributed by atoms with van der Waals surface area (Å²) in [7, 11) is 8.72. The van der Waals surface area contributed by atoms with Gasteiger partial charge in [-0.25, -0.2) is 0 Å². The van der Waals surface area contributed by atoms with Gasteiger partial charge in [-0.1, -0.05) is 0 Å². The molecule has 1 aromatic carbocycles. The molecular formula is C14H23NO4. The summed E-state index contributed by atoms with van der Waals surface area (Å²) in [5.74, 6) is 1.83. The van der Waals surface area contributed by atoms with Crippen LogP contribution in [0.5, 0.6) is 17.2 Å². The number of nitrogens with zero attached hydrogens (tertiary/aromatic N) is 1. The normalized spacial score (nSPS) is 12.4. The summed E-state index contributed by atoms with van der Waals surface area (Å²) in [6.07, 6.45) is 0.644. The van der Waals surface area contributed by atoms with E-state index in [0.29, 0.717) is 23.7 Å². The van der Waals surface area contributed by atoms with Crippen LogP contribution < -0.4 is 14.2 Å². The molecule has 0 aliphatic heterocycles. The van der Waals surface area contributed by atoms with Gasteiger partial charge in [0, 0.05) is 12.6 Å². The maximum Gasteiger partial charge on any atom is 0.203 e. The van der Waals surface area contributed by atoms with E-state index in [9.17, 15) is 5.11 Å². The monoisotopic (exact) mass is 269 g/mol. The summed E-state index contributed by atoms with van der Waals surface area (Å²) in [5, 5.41) is 9.19. The molecule has 0 bridgehead atoms. The van der Waals surface area contributed by atoms with Gasteiger partial charge in [0.05, 0.1) is 21.3 Å². The molecule has 1 rings (SSSR count). The van der Waals surface area contributed by atoms with Gasteiger partial charge in [-0.3, -0.25) is 0 Å². The molecule has 0 spiro atoms. The summed E-state index contributed by atoms with van der Waals surface area (Å²) in [4.78, 5) is 2.05. The van der Waals surface area contributed by atoms with Gasteiger partial charge in [0.25, 0.3) is 0 Å². The molecule has 1 aromatic rings. The van der Waals surface area contributed by atoms with Crippen molar-refractivity contribution in [1.82, 2.24) is 4.90 Å². The largest absolute Gasteiger partial charge is 0.493 e. The van der Waals surface area contributed by atoms with Crippen LogP contribution in [0.2, 0.25) is 0 Å². The Morgan fingerprint density at radius 3 is 1.89 bits per heavy atom. The predicted molar refractivity (Wildman–Crippen MR) is 74.2 cm³/mol. The maximum absolute atomic E-state index is 9.19. The van der Waals surface area contributed by atoms with Gasteiger partial charge in [-0.15, -0.1) is 0 Å². The Hall–Kier alpha value is -1.46. The van der Waals surface area contributed by atoms with E-state index in [1.807, 2.05) is 26.2 Å². The Morgan fingerprint density at radius 1 is 1.05 bits per heavy atom. The molecule has 0 radical (unpaired) electrons. The first-order valence-corrected chi connectivity index (χ1v) is 6.16. The molecule has 19 heavy (non-hydrogen) atoms. The van der Waals surface area contributed by atoms with Crippen molar-refractivity contribution in [2.45, 2.75) is 12.5 Å². The predicted octanol–water partition coefficient (Wildman–Crippen LogP) is 1.70. The van der Waals surface area contributed by atoms with Crippen LogP contribution >= 0.6 is 0 Å². The van der Waals surface area contributed by atoms with E-state index >= 15 is 0 Å². The van der Waals surface area contributed by atoms with Crippen LogP contribution in [0.3, 0.4) is 0 Å². The van der Waals surface area contributed by atoms with Crippen LogP contribution in [-0.4, -0.2) is 52.0 Å². The number of hydrogen-bond donors (Lipinski definition) is 1. The van der Waals surface area contributed by atoms with Crippen LogP contribution in [0, 0.1) is 0 Å². The van der Waals surface area contributed by atoms with Gasteiger partial charge in [0.15, 0.2) is 11.5 Å². The van der Waals surface area contributed by atoms with Crippen molar-refractivity contribution in [3.05, 3.63) is 17.7 Å². The summed E-state index contributed by atoms with van der Waals surface area (Å²) in [6, 6.07) is 3.93. The quantitative estimate of drug-likeness (QED) is 0.816. The van der Waals surface area contributed by atoms with E-state index in [0.717, 1.165) is 5.56 Å². The van der Waals surface area contributed by atoms with Crippen LogP contribution in [0.15, 0.2) is 12.1 Å². The average molecular weight is 269 g/mol. The van der Waals surface area contributed by atoms with Crippen LogP contribution in [0.1, 0.15) is 18.0 Å². The van der Waals surface area contributed by atoms with Gasteiger partial charge in [-0.2, -0.15) is 0 Å². The van der Waals surface area contributed by atoms with Gasteiger partial charge in [0.1, 0.15) is 0 Å². The summed E-state index contributed by atoms with van der Waals surface area (Å²) >= 11 is 0. The van der Waals surface area contributed by atoms with Crippen molar-refractivity contribution in [2.75, 3.05) is 42.0 Å². The van der Waals surface area contributed by atoms with Crippen molar-refractivity contribution in [3.63, 3.8) is 0 Å². The third-order valence-electron chi connectivity index (χ3n) is 3.10. The lowest BCUT2D eigenvalue weighted by atomic mass is 10.0. The van der Waals surface area contributed by atoms with E-state index < -0.39 is 0 Å². The van der Waals surface area contributed by atoms with Crippen molar-refractivity contribution < 1.29 is 19.3 Å². The van der Waals surface area contributed by atoms with Crippen molar-refractivity contribution in [3.8, 4) is 17.2 Å². The fraction of sp³-hybridized carbons (Fsp3) is 0.571. The molecular weight excluding hydrogens is 246 g/mol. The Bertz CT molecular complexity index is 381. The fourth-order valence-corrected chi connectivity index (χ4v) is 2.14. The van der Waals surface area contributed by atoms with E-state index in [2.05, 4.69) is 4.90 Å². The molecule has 0 aromatic heterocycles. The third-order valence-corrected chi connectivity index (χ3v) is 3.10. The summed E-state index contributed by atoms with van der Waals surface area (Å²) in [5.41, 5.74) is 1.02. The highest BCUT2D eigenvalue weighted by atomic mass is 16.5. The Labute approximate surface area is 114 Å². The van der Waals surface area contributed by atoms with Crippen molar-refractivity contribution >= 4 is 0 Å². The SMILES string of the molecule is COc1cc(C(CCO)N(C)C)cc(OC)c1OC. The zero-order chi connectivity index (χ0) is 14.4. The second-order valence-electron chi connectivity index (χ2n) is 4.45. The molecule has 1 atom stereocenters. The van der Waals surface area contributed by atoms with Gasteiger partial charge < -0.3 is 24.2 Å². The van der Waals surface area contributed by atoms with Crippen LogP contribution in [-0.2, 0) is 0 Å². The minimum atomic E-state index is 0.0960. The number of methoxy groups -OCH3 is 3. The zero-order valence-electron chi connectivity index (χ0n) is 12.3. The zero-order valence-corrected chi connectivity index (χ0v) is 12.3. The molecule has 0 heterocycles. The highest BCUT2D eigenvalue weighted by Gasteiger charge is 2.19. The Kier molecular flexibility index (Phi) is 5.92. The molecule has 0 fully saturated rings. The van der Waals surface area contributed by atoms with E-state index in [1.165, 1.54) is 0 Å². The molecule has 1 unspecified atom stereocenters. The van der Waals surface area contributed by atoms with Crippen molar-refractivity contribution in [1.29, 1.82) is 0 Å². The lowest BCUT2D eigenvalue weighted by Gasteiger charge is -2.25. The first-order valence-electron chi connectivity index (χ1n) is 6.16. The highest BCUT2D eigenvalue weighted by Crippen LogP contribution is 2.40. The summed E-state index contributed by atoms with van der Waals surface area (Å²) in [6.45, 7) is 0.125. The minimum absolute atomic E-state index is 0.0960. The topological polar surface area (TPSA) is 51.2 Å². The minimum Gasteiger partial charge on any atom is -0.493 e. The number of benzene rings is 1. The number of aliphatic hydroxyl groups is 1. The van der Waals surface area contributed by atoms with E-state index in [4.69, 9.17) is 14.2 Å². The first-order chi connectivity index (χ1) is 9.08. The van der Waals surface area contributed by atoms with Gasteiger partial charge >= 0.3 is 0 Å². The standard InChI is InChI=1S/C14H23NO4/c1-15(2)11(6-7-16)10-8-12(17-3)14(19-5)13(9-10)18-4/h8-9,11,16H,6-7H2,1-5H3. The molecule has 5 heteroatoms. The molecule has 108 valence electrons. The highest BCUT2D eigenvalue weighted by molar-refractivity contribution is 5.54. The molecule has 0 aliphatic rings. The number of aliphatic hydroxyl groups excluding tert-OH is 1. The molecule has 1 N–H and O–H groups in total. The first kappa shape index (κ1) is 15.6. The van der Waals surface area contributed by atoms with Crippen LogP contribution in [0.25, 0.3) is 0 Å². The van der Waals surface area contributed by atoms with Crippen molar-refractivity contribution in [2.24, 2.45) is 0 Å². The lowest BCUT2D eigenvalue weighted by molar-refractivity contribution is 0.210. The molecule has 0 saturated carbocycles. The number of hydrogen-bond acceptors (Lipinski definition) is 5. The second kappa shape index (κ2) is 7.21. The summed E-state index contributed by atoms with van der Waals surface area (Å²) < 4.78 is 16.0. The van der Waals surface area contributed by atoms with E-state index in [-0.39, 0.29) is 12.6 Å². The lowest BCUT2D eigenvalue weighted by Crippen LogP contribution is -2.21. The third kappa shape index (κ3) is 3.52. The van der Waals surface area contributed by atoms with Gasteiger partial charge in [-0.05, 0) is 38.2 Å². The maximum atomic E-state index is 9.19. The fourth-order valence-electron chi connectivity index (χ4n) is 2.14. The Morgan fingerprint density at radius 2 is 1.58 bits per heavy atom. The molecule has 5 nitrogen and oxygen atoms in total. The molecule has 0 aliphatic carbocycles. The second-order valence-corrected chi connectivity index (χ2v) is 4.45. The molecule has 0 saturated heterocycles. The van der Waals surface area contributed by atoms with Gasteiger partial charge in [0.2, 0.25) is 5.75 Å². The number of ether oxygens (including phenoxy) is 3. The smallest absolute Gasteiger partial charge is 0.203 e. The molecule has 0 amide bonds. The number of rotatable bonds is 7. The van der Waals surface area contributed by atoms with Crippen LogP contribution in [0.4, 0.5) is 0 Å². The van der Waals surface area contributed by atoms with E-state index in [1.54, 1.807) is 21.3 Å². The average Bonchev–Trinajstić information content (AvgIpc) is 2.42.